The van der Waals surface area contributed by atoms with Crippen LogP contribution < -0.4 is 10.5 Å². The number of methoxy groups -OCH3 is 1. The van der Waals surface area contributed by atoms with Crippen molar-refractivity contribution >= 4 is 34.2 Å². The third kappa shape index (κ3) is 5.10. The summed E-state index contributed by atoms with van der Waals surface area (Å²) in [6.45, 7) is 5.80. The first kappa shape index (κ1) is 20.3. The van der Waals surface area contributed by atoms with E-state index in [0.29, 0.717) is 6.42 Å². The summed E-state index contributed by atoms with van der Waals surface area (Å²) in [7, 11) is 1.64. The highest BCUT2D eigenvalue weighted by Gasteiger charge is 2.34. The molecule has 0 saturated carbocycles. The molecule has 0 aromatic heterocycles. The molecule has 1 amide bonds. The van der Waals surface area contributed by atoms with Crippen LogP contribution >= 0.6 is 28.3 Å². The first-order valence-electron chi connectivity index (χ1n) is 7.69. The molecule has 4 nitrogen and oxygen atoms in total. The van der Waals surface area contributed by atoms with Crippen LogP contribution in [-0.4, -0.2) is 37.0 Å². The minimum atomic E-state index is -0.00293. The molecule has 1 aromatic rings. The second kappa shape index (κ2) is 8.36. The van der Waals surface area contributed by atoms with Crippen molar-refractivity contribution in [1.82, 2.24) is 4.90 Å². The van der Waals surface area contributed by atoms with E-state index in [0.717, 1.165) is 41.7 Å². The second-order valence-corrected chi connectivity index (χ2v) is 7.52. The van der Waals surface area contributed by atoms with Gasteiger partial charge in [-0.2, -0.15) is 0 Å². The van der Waals surface area contributed by atoms with Crippen LogP contribution in [0.1, 0.15) is 32.3 Å². The summed E-state index contributed by atoms with van der Waals surface area (Å²) in [5, 5.41) is 0. The third-order valence-electron chi connectivity index (χ3n) is 4.51. The summed E-state index contributed by atoms with van der Waals surface area (Å²) in [6, 6.07) is 6.12. The third-order valence-corrected chi connectivity index (χ3v) is 5.13. The Balaban J connectivity index is 0.00000264. The van der Waals surface area contributed by atoms with Crippen molar-refractivity contribution in [3.8, 4) is 5.75 Å². The van der Waals surface area contributed by atoms with E-state index in [1.165, 1.54) is 0 Å². The number of halogens is 2. The largest absolute Gasteiger partial charge is 0.496 e. The molecule has 1 heterocycles. The number of aryl methyl sites for hydroxylation is 1. The van der Waals surface area contributed by atoms with Gasteiger partial charge in [-0.05, 0) is 51.9 Å². The maximum absolute atomic E-state index is 12.4. The summed E-state index contributed by atoms with van der Waals surface area (Å²) >= 11 is 3.48. The van der Waals surface area contributed by atoms with Crippen molar-refractivity contribution in [2.24, 2.45) is 11.1 Å². The maximum atomic E-state index is 12.4. The lowest BCUT2D eigenvalue weighted by molar-refractivity contribution is -0.134. The van der Waals surface area contributed by atoms with Gasteiger partial charge in [0.1, 0.15) is 5.75 Å². The SMILES string of the molecule is COc1ccc(CCC(=O)N2CCC(N)C(C)(C)C2)cc1Br.Cl. The van der Waals surface area contributed by atoms with Gasteiger partial charge in [-0.25, -0.2) is 0 Å². The maximum Gasteiger partial charge on any atom is 0.222 e. The van der Waals surface area contributed by atoms with E-state index in [1.807, 2.05) is 23.1 Å². The van der Waals surface area contributed by atoms with Crippen LogP contribution in [0.15, 0.2) is 22.7 Å². The number of amides is 1. The van der Waals surface area contributed by atoms with Gasteiger partial charge in [0.2, 0.25) is 5.91 Å². The first-order valence-corrected chi connectivity index (χ1v) is 8.48. The van der Waals surface area contributed by atoms with Crippen LogP contribution in [0.25, 0.3) is 0 Å². The van der Waals surface area contributed by atoms with E-state index in [-0.39, 0.29) is 29.8 Å². The molecular formula is C17H26BrClN2O2. The molecule has 0 spiro atoms. The fraction of sp³-hybridized carbons (Fsp3) is 0.588. The monoisotopic (exact) mass is 404 g/mol. The number of carbonyl (C=O) groups excluding carboxylic acids is 1. The van der Waals surface area contributed by atoms with Gasteiger partial charge in [-0.3, -0.25) is 4.79 Å². The molecule has 1 fully saturated rings. The standard InChI is InChI=1S/C17H25BrN2O2.ClH/c1-17(2)11-20(9-8-15(17)19)16(21)7-5-12-4-6-14(22-3)13(18)10-12;/h4,6,10,15H,5,7-9,11,19H2,1-3H3;1H. The summed E-state index contributed by atoms with van der Waals surface area (Å²) in [4.78, 5) is 14.4. The fourth-order valence-electron chi connectivity index (χ4n) is 2.86. The van der Waals surface area contributed by atoms with Gasteiger partial charge in [0.15, 0.2) is 0 Å². The molecule has 0 radical (unpaired) electrons. The molecule has 1 atom stereocenters. The molecule has 2 rings (SSSR count). The summed E-state index contributed by atoms with van der Waals surface area (Å²) < 4.78 is 6.14. The van der Waals surface area contributed by atoms with E-state index in [9.17, 15) is 4.79 Å². The molecular weight excluding hydrogens is 380 g/mol. The number of piperidine rings is 1. The lowest BCUT2D eigenvalue weighted by Gasteiger charge is -2.42. The van der Waals surface area contributed by atoms with Crippen LogP contribution in [0.3, 0.4) is 0 Å². The van der Waals surface area contributed by atoms with Gasteiger partial charge in [0.05, 0.1) is 11.6 Å². The highest BCUT2D eigenvalue weighted by Crippen LogP contribution is 2.29. The molecule has 1 aliphatic heterocycles. The Bertz CT molecular complexity index is 551. The van der Waals surface area contributed by atoms with E-state index >= 15 is 0 Å². The minimum absolute atomic E-state index is 0. The van der Waals surface area contributed by atoms with Crippen molar-refractivity contribution < 1.29 is 9.53 Å². The molecule has 130 valence electrons. The predicted octanol–water partition coefficient (Wildman–Crippen LogP) is 3.40. The number of benzene rings is 1. The first-order chi connectivity index (χ1) is 10.3. The summed E-state index contributed by atoms with van der Waals surface area (Å²) in [6.07, 6.45) is 2.15. The Morgan fingerprint density at radius 1 is 1.48 bits per heavy atom. The molecule has 0 bridgehead atoms. The number of likely N-dealkylation sites (tertiary alicyclic amines) is 1. The number of hydrogen-bond donors (Lipinski definition) is 1. The summed E-state index contributed by atoms with van der Waals surface area (Å²) in [5.74, 6) is 1.02. The molecule has 2 N–H and O–H groups in total. The number of rotatable bonds is 4. The van der Waals surface area contributed by atoms with Gasteiger partial charge >= 0.3 is 0 Å². The Morgan fingerprint density at radius 3 is 2.74 bits per heavy atom. The van der Waals surface area contributed by atoms with Crippen LogP contribution in [-0.2, 0) is 11.2 Å². The minimum Gasteiger partial charge on any atom is -0.496 e. The summed E-state index contributed by atoms with van der Waals surface area (Å²) in [5.41, 5.74) is 7.26. The number of nitrogens with zero attached hydrogens (tertiary/aromatic N) is 1. The van der Waals surface area contributed by atoms with Gasteiger partial charge in [-0.1, -0.05) is 19.9 Å². The van der Waals surface area contributed by atoms with Crippen LogP contribution in [0.4, 0.5) is 0 Å². The average Bonchev–Trinajstić information content (AvgIpc) is 2.47. The number of nitrogens with two attached hydrogens (primary N) is 1. The van der Waals surface area contributed by atoms with Crippen molar-refractivity contribution in [2.75, 3.05) is 20.2 Å². The predicted molar refractivity (Wildman–Crippen MR) is 99.2 cm³/mol. The van der Waals surface area contributed by atoms with Crippen molar-refractivity contribution in [1.29, 1.82) is 0 Å². The quantitative estimate of drug-likeness (QED) is 0.835. The second-order valence-electron chi connectivity index (χ2n) is 6.67. The van der Waals surface area contributed by atoms with Crippen LogP contribution in [0, 0.1) is 5.41 Å². The lowest BCUT2D eigenvalue weighted by atomic mass is 9.79. The molecule has 1 saturated heterocycles. The normalized spacial score (nSPS) is 19.9. The molecule has 1 unspecified atom stereocenters. The highest BCUT2D eigenvalue weighted by atomic mass is 79.9. The smallest absolute Gasteiger partial charge is 0.222 e. The van der Waals surface area contributed by atoms with Gasteiger partial charge in [0.25, 0.3) is 0 Å². The lowest BCUT2D eigenvalue weighted by Crippen LogP contribution is -2.54. The average molecular weight is 406 g/mol. The zero-order chi connectivity index (χ0) is 16.3. The molecule has 1 aliphatic rings. The topological polar surface area (TPSA) is 55.6 Å². The Morgan fingerprint density at radius 2 is 2.17 bits per heavy atom. The fourth-order valence-corrected chi connectivity index (χ4v) is 3.45. The van der Waals surface area contributed by atoms with Crippen molar-refractivity contribution in [2.45, 2.75) is 39.2 Å². The number of hydrogen-bond acceptors (Lipinski definition) is 3. The Kier molecular flexibility index (Phi) is 7.36. The zero-order valence-electron chi connectivity index (χ0n) is 14.0. The van der Waals surface area contributed by atoms with Crippen molar-refractivity contribution in [3.05, 3.63) is 28.2 Å². The van der Waals surface area contributed by atoms with Gasteiger partial charge in [-0.15, -0.1) is 12.4 Å². The molecule has 6 heteroatoms. The van der Waals surface area contributed by atoms with Crippen molar-refractivity contribution in [3.63, 3.8) is 0 Å². The number of ether oxygens (including phenoxy) is 1. The molecule has 23 heavy (non-hydrogen) atoms. The van der Waals surface area contributed by atoms with E-state index in [1.54, 1.807) is 7.11 Å². The van der Waals surface area contributed by atoms with Gasteiger partial charge in [0, 0.05) is 25.6 Å². The molecule has 1 aromatic carbocycles. The van der Waals surface area contributed by atoms with E-state index in [4.69, 9.17) is 10.5 Å². The molecule has 0 aliphatic carbocycles. The van der Waals surface area contributed by atoms with Gasteiger partial charge < -0.3 is 15.4 Å². The Hall–Kier alpha value is -0.780. The van der Waals surface area contributed by atoms with E-state index in [2.05, 4.69) is 29.8 Å². The van der Waals surface area contributed by atoms with Crippen LogP contribution in [0.2, 0.25) is 0 Å². The highest BCUT2D eigenvalue weighted by molar-refractivity contribution is 9.10. The Labute approximate surface area is 153 Å². The van der Waals surface area contributed by atoms with E-state index < -0.39 is 0 Å². The van der Waals surface area contributed by atoms with Crippen LogP contribution in [0.5, 0.6) is 5.75 Å². The zero-order valence-corrected chi connectivity index (χ0v) is 16.4. The number of carbonyl (C=O) groups is 1.